The van der Waals surface area contributed by atoms with E-state index in [4.69, 9.17) is 17.3 Å². The minimum absolute atomic E-state index is 0.508. The van der Waals surface area contributed by atoms with E-state index >= 15 is 0 Å². The summed E-state index contributed by atoms with van der Waals surface area (Å²) in [7, 11) is 0. The molecular formula is C12H10ClN5S. The summed E-state index contributed by atoms with van der Waals surface area (Å²) in [6.07, 6.45) is 2.34. The summed E-state index contributed by atoms with van der Waals surface area (Å²) in [4.78, 5) is 0.788. The SMILES string of the molecule is Nc1cccc(Cl)c1-c1nn2c(C3CC3)nnc2s1. The molecule has 1 fully saturated rings. The van der Waals surface area contributed by atoms with Crippen molar-refractivity contribution in [3.63, 3.8) is 0 Å². The minimum atomic E-state index is 0.508. The predicted molar refractivity (Wildman–Crippen MR) is 75.5 cm³/mol. The maximum absolute atomic E-state index is 6.21. The van der Waals surface area contributed by atoms with Crippen molar-refractivity contribution in [3.8, 4) is 10.6 Å². The Morgan fingerprint density at radius 3 is 2.89 bits per heavy atom. The average molecular weight is 292 g/mol. The average Bonchev–Trinajstić information content (AvgIpc) is 3.00. The predicted octanol–water partition coefficient (Wildman–Crippen LogP) is 2.97. The van der Waals surface area contributed by atoms with Crippen molar-refractivity contribution in [1.82, 2.24) is 19.8 Å². The first-order valence-electron chi connectivity index (χ1n) is 6.00. The Bertz CT molecular complexity index is 753. The molecule has 0 atom stereocenters. The summed E-state index contributed by atoms with van der Waals surface area (Å²) in [6.45, 7) is 0. The molecule has 1 aliphatic rings. The van der Waals surface area contributed by atoms with Crippen molar-refractivity contribution in [2.75, 3.05) is 5.73 Å². The van der Waals surface area contributed by atoms with Crippen molar-refractivity contribution in [1.29, 1.82) is 0 Å². The standard InChI is InChI=1S/C12H10ClN5S/c13-7-2-1-3-8(14)9(7)11-17-18-10(6-4-5-6)15-16-12(18)19-11/h1-3,6H,4-5,14H2. The molecule has 1 saturated carbocycles. The lowest BCUT2D eigenvalue weighted by Crippen LogP contribution is -1.95. The third-order valence-electron chi connectivity index (χ3n) is 3.22. The number of benzene rings is 1. The number of rotatable bonds is 2. The Labute approximate surface area is 118 Å². The van der Waals surface area contributed by atoms with E-state index in [9.17, 15) is 0 Å². The van der Waals surface area contributed by atoms with Crippen molar-refractivity contribution in [2.24, 2.45) is 0 Å². The summed E-state index contributed by atoms with van der Waals surface area (Å²) < 4.78 is 1.82. The fourth-order valence-corrected chi connectivity index (χ4v) is 3.35. The molecular weight excluding hydrogens is 282 g/mol. The molecule has 0 amide bonds. The highest BCUT2D eigenvalue weighted by atomic mass is 35.5. The normalized spacial score (nSPS) is 15.2. The molecule has 1 aromatic carbocycles. The van der Waals surface area contributed by atoms with Crippen LogP contribution in [0.5, 0.6) is 0 Å². The van der Waals surface area contributed by atoms with Gasteiger partial charge in [0.1, 0.15) is 0 Å². The molecule has 96 valence electrons. The first-order valence-corrected chi connectivity index (χ1v) is 7.20. The Hall–Kier alpha value is -1.66. The number of nitrogen functional groups attached to an aromatic ring is 1. The van der Waals surface area contributed by atoms with Gasteiger partial charge in [-0.2, -0.15) is 9.61 Å². The van der Waals surface area contributed by atoms with Gasteiger partial charge in [0, 0.05) is 11.6 Å². The monoisotopic (exact) mass is 291 g/mol. The third kappa shape index (κ3) is 1.71. The maximum Gasteiger partial charge on any atom is 0.234 e. The molecule has 2 N–H and O–H groups in total. The van der Waals surface area contributed by atoms with E-state index in [0.29, 0.717) is 16.6 Å². The van der Waals surface area contributed by atoms with Crippen LogP contribution in [0.3, 0.4) is 0 Å². The highest BCUT2D eigenvalue weighted by Crippen LogP contribution is 2.41. The van der Waals surface area contributed by atoms with Crippen LogP contribution in [0.15, 0.2) is 18.2 Å². The summed E-state index contributed by atoms with van der Waals surface area (Å²) in [5.41, 5.74) is 7.40. The molecule has 0 aliphatic heterocycles. The van der Waals surface area contributed by atoms with Gasteiger partial charge in [-0.25, -0.2) is 0 Å². The van der Waals surface area contributed by atoms with Crippen LogP contribution in [-0.2, 0) is 0 Å². The van der Waals surface area contributed by atoms with Crippen molar-refractivity contribution < 1.29 is 0 Å². The van der Waals surface area contributed by atoms with Gasteiger partial charge in [-0.05, 0) is 25.0 Å². The van der Waals surface area contributed by atoms with Crippen LogP contribution in [-0.4, -0.2) is 19.8 Å². The second kappa shape index (κ2) is 3.91. The lowest BCUT2D eigenvalue weighted by molar-refractivity contribution is 0.828. The van der Waals surface area contributed by atoms with E-state index in [1.54, 1.807) is 0 Å². The second-order valence-corrected chi connectivity index (χ2v) is 6.00. The van der Waals surface area contributed by atoms with E-state index in [1.165, 1.54) is 24.2 Å². The van der Waals surface area contributed by atoms with Crippen LogP contribution >= 0.6 is 22.9 Å². The molecule has 1 aliphatic carbocycles. The van der Waals surface area contributed by atoms with E-state index < -0.39 is 0 Å². The van der Waals surface area contributed by atoms with Gasteiger partial charge in [0.15, 0.2) is 10.8 Å². The third-order valence-corrected chi connectivity index (χ3v) is 4.45. The maximum atomic E-state index is 6.21. The number of hydrogen-bond donors (Lipinski definition) is 1. The first kappa shape index (κ1) is 11.2. The lowest BCUT2D eigenvalue weighted by atomic mass is 10.2. The molecule has 0 unspecified atom stereocenters. The topological polar surface area (TPSA) is 69.1 Å². The molecule has 2 aromatic heterocycles. The molecule has 4 rings (SSSR count). The van der Waals surface area contributed by atoms with Crippen LogP contribution in [0.4, 0.5) is 5.69 Å². The Morgan fingerprint density at radius 1 is 1.32 bits per heavy atom. The molecule has 0 saturated heterocycles. The molecule has 2 heterocycles. The number of nitrogens with two attached hydrogens (primary N) is 1. The molecule has 0 bridgehead atoms. The number of anilines is 1. The van der Waals surface area contributed by atoms with Gasteiger partial charge in [0.05, 0.1) is 10.6 Å². The summed E-state index contributed by atoms with van der Waals surface area (Å²) >= 11 is 7.67. The molecule has 3 aromatic rings. The van der Waals surface area contributed by atoms with Gasteiger partial charge in [-0.1, -0.05) is 29.0 Å². The number of nitrogens with zero attached hydrogens (tertiary/aromatic N) is 4. The number of halogens is 1. The number of fused-ring (bicyclic) bond motifs is 1. The van der Waals surface area contributed by atoms with E-state index in [-0.39, 0.29) is 0 Å². The van der Waals surface area contributed by atoms with E-state index in [2.05, 4.69) is 15.3 Å². The number of hydrogen-bond acceptors (Lipinski definition) is 5. The molecule has 0 radical (unpaired) electrons. The molecule has 0 spiro atoms. The largest absolute Gasteiger partial charge is 0.398 e. The number of aromatic nitrogens is 4. The quantitative estimate of drug-likeness (QED) is 0.737. The zero-order chi connectivity index (χ0) is 13.0. The van der Waals surface area contributed by atoms with Crippen molar-refractivity contribution in [3.05, 3.63) is 29.0 Å². The van der Waals surface area contributed by atoms with Gasteiger partial charge in [-0.3, -0.25) is 0 Å². The fraction of sp³-hybridized carbons (Fsp3) is 0.250. The van der Waals surface area contributed by atoms with Gasteiger partial charge < -0.3 is 5.73 Å². The van der Waals surface area contributed by atoms with Crippen LogP contribution < -0.4 is 5.73 Å². The zero-order valence-corrected chi connectivity index (χ0v) is 11.4. The Kier molecular flexibility index (Phi) is 2.31. The minimum Gasteiger partial charge on any atom is -0.398 e. The zero-order valence-electron chi connectivity index (χ0n) is 9.88. The van der Waals surface area contributed by atoms with Crippen molar-refractivity contribution >= 4 is 33.6 Å². The summed E-state index contributed by atoms with van der Waals surface area (Å²) in [6, 6.07) is 5.47. The Morgan fingerprint density at radius 2 is 2.16 bits per heavy atom. The molecule has 19 heavy (non-hydrogen) atoms. The fourth-order valence-electron chi connectivity index (χ4n) is 2.10. The summed E-state index contributed by atoms with van der Waals surface area (Å²) in [5.74, 6) is 1.46. The van der Waals surface area contributed by atoms with Crippen molar-refractivity contribution in [2.45, 2.75) is 18.8 Å². The highest BCUT2D eigenvalue weighted by molar-refractivity contribution is 7.20. The highest BCUT2D eigenvalue weighted by Gasteiger charge is 2.30. The van der Waals surface area contributed by atoms with Crippen LogP contribution in [0.25, 0.3) is 15.5 Å². The molecule has 7 heteroatoms. The second-order valence-electron chi connectivity index (χ2n) is 4.64. The van der Waals surface area contributed by atoms with Crippen LogP contribution in [0, 0.1) is 0 Å². The smallest absolute Gasteiger partial charge is 0.234 e. The Balaban J connectivity index is 1.91. The van der Waals surface area contributed by atoms with Gasteiger partial charge >= 0.3 is 0 Å². The van der Waals surface area contributed by atoms with Crippen LogP contribution in [0.2, 0.25) is 5.02 Å². The van der Waals surface area contributed by atoms with Crippen LogP contribution in [0.1, 0.15) is 24.6 Å². The van der Waals surface area contributed by atoms with Gasteiger partial charge in [0.2, 0.25) is 4.96 Å². The first-order chi connectivity index (χ1) is 9.24. The van der Waals surface area contributed by atoms with E-state index in [0.717, 1.165) is 21.4 Å². The van der Waals surface area contributed by atoms with Gasteiger partial charge in [0.25, 0.3) is 0 Å². The molecule has 5 nitrogen and oxygen atoms in total. The lowest BCUT2D eigenvalue weighted by Gasteiger charge is -2.03. The van der Waals surface area contributed by atoms with E-state index in [1.807, 2.05) is 22.7 Å². The summed E-state index contributed by atoms with van der Waals surface area (Å²) in [5, 5.41) is 14.3. The van der Waals surface area contributed by atoms with Gasteiger partial charge in [-0.15, -0.1) is 10.2 Å².